The Morgan fingerprint density at radius 3 is 1.50 bits per heavy atom. The molecule has 0 fully saturated rings. The molecule has 3 rings (SSSR count). The van der Waals surface area contributed by atoms with Crippen LogP contribution in [0.2, 0.25) is 0 Å². The maximum absolute atomic E-state index is 9.56. The van der Waals surface area contributed by atoms with Crippen molar-refractivity contribution >= 4 is 11.4 Å². The SMILES string of the molecule is [C-]#[N+]/C(C#N)=c1\c2c(/c(=C(/C#N)[N+]#[C-])c3c1CCC(C)C3)CCC(C)C2. The van der Waals surface area contributed by atoms with Gasteiger partial charge < -0.3 is 0 Å². The molecule has 2 aliphatic rings. The highest BCUT2D eigenvalue weighted by Crippen LogP contribution is 2.28. The number of benzene rings is 1. The Hall–Kier alpha value is -3.08. The lowest BCUT2D eigenvalue weighted by atomic mass is 9.74. The molecule has 26 heavy (non-hydrogen) atoms. The van der Waals surface area contributed by atoms with Gasteiger partial charge in [-0.3, -0.25) is 0 Å². The molecule has 0 bridgehead atoms. The summed E-state index contributed by atoms with van der Waals surface area (Å²) in [6.07, 6.45) is 5.22. The second-order valence-electron chi connectivity index (χ2n) is 7.50. The summed E-state index contributed by atoms with van der Waals surface area (Å²) in [5.41, 5.74) is 4.47. The Bertz CT molecular complexity index is 945. The van der Waals surface area contributed by atoms with Gasteiger partial charge in [0.05, 0.1) is 25.3 Å². The Morgan fingerprint density at radius 1 is 0.808 bits per heavy atom. The molecule has 0 N–H and O–H groups in total. The van der Waals surface area contributed by atoms with Gasteiger partial charge in [-0.05, 0) is 83.1 Å². The lowest BCUT2D eigenvalue weighted by Gasteiger charge is -2.30. The number of hydrogen-bond donors (Lipinski definition) is 0. The molecule has 0 heterocycles. The van der Waals surface area contributed by atoms with E-state index < -0.39 is 0 Å². The molecule has 0 saturated carbocycles. The van der Waals surface area contributed by atoms with E-state index in [-0.39, 0.29) is 11.4 Å². The Balaban J connectivity index is 2.64. The maximum atomic E-state index is 9.56. The third-order valence-electron chi connectivity index (χ3n) is 5.72. The zero-order valence-corrected chi connectivity index (χ0v) is 15.2. The fourth-order valence-electron chi connectivity index (χ4n) is 4.50. The highest BCUT2D eigenvalue weighted by atomic mass is 14.7. The van der Waals surface area contributed by atoms with Crippen molar-refractivity contribution in [3.63, 3.8) is 0 Å². The van der Waals surface area contributed by atoms with E-state index in [0.717, 1.165) is 71.2 Å². The topological polar surface area (TPSA) is 56.3 Å². The summed E-state index contributed by atoms with van der Waals surface area (Å²) in [5.74, 6) is 0.942. The number of rotatable bonds is 0. The minimum absolute atomic E-state index is 0.161. The minimum Gasteiger partial charge on any atom is -0.226 e. The Kier molecular flexibility index (Phi) is 4.80. The molecule has 0 spiro atoms. The van der Waals surface area contributed by atoms with Crippen molar-refractivity contribution < 1.29 is 0 Å². The van der Waals surface area contributed by atoms with E-state index >= 15 is 0 Å². The van der Waals surface area contributed by atoms with Crippen molar-refractivity contribution in [2.24, 2.45) is 11.8 Å². The van der Waals surface area contributed by atoms with Crippen LogP contribution in [-0.2, 0) is 25.7 Å². The van der Waals surface area contributed by atoms with Crippen LogP contribution < -0.4 is 10.4 Å². The van der Waals surface area contributed by atoms with E-state index in [4.69, 9.17) is 13.1 Å². The van der Waals surface area contributed by atoms with Crippen molar-refractivity contribution in [1.29, 1.82) is 10.5 Å². The second kappa shape index (κ2) is 7.04. The highest BCUT2D eigenvalue weighted by Gasteiger charge is 2.27. The molecule has 0 aromatic heterocycles. The smallest absolute Gasteiger partial charge is 0.226 e. The average molecular weight is 340 g/mol. The molecule has 1 aromatic carbocycles. The van der Waals surface area contributed by atoms with Crippen LogP contribution in [-0.4, -0.2) is 0 Å². The molecule has 0 amide bonds. The molecule has 4 heteroatoms. The summed E-state index contributed by atoms with van der Waals surface area (Å²) < 4.78 is 0. The Labute approximate surface area is 154 Å². The lowest BCUT2D eigenvalue weighted by molar-refractivity contribution is 0.479. The van der Waals surface area contributed by atoms with Gasteiger partial charge in [0.2, 0.25) is 0 Å². The fourth-order valence-corrected chi connectivity index (χ4v) is 4.50. The zero-order valence-electron chi connectivity index (χ0n) is 15.2. The molecule has 0 aliphatic heterocycles. The van der Waals surface area contributed by atoms with Gasteiger partial charge in [0.15, 0.2) is 0 Å². The normalized spacial score (nSPS) is 23.2. The van der Waals surface area contributed by atoms with E-state index in [1.165, 1.54) is 0 Å². The van der Waals surface area contributed by atoms with Crippen LogP contribution in [0.3, 0.4) is 0 Å². The van der Waals surface area contributed by atoms with Crippen molar-refractivity contribution in [2.45, 2.75) is 52.4 Å². The molecule has 2 aliphatic carbocycles. The van der Waals surface area contributed by atoms with Crippen molar-refractivity contribution in [1.82, 2.24) is 0 Å². The maximum Gasteiger partial charge on any atom is 0.269 e. The summed E-state index contributed by atoms with van der Waals surface area (Å²) in [6.45, 7) is 19.3. The van der Waals surface area contributed by atoms with E-state index in [1.807, 2.05) is 0 Å². The molecular formula is C22H20N4. The first-order valence-corrected chi connectivity index (χ1v) is 9.04. The van der Waals surface area contributed by atoms with Crippen molar-refractivity contribution in [3.8, 4) is 12.1 Å². The Morgan fingerprint density at radius 2 is 1.19 bits per heavy atom. The summed E-state index contributed by atoms with van der Waals surface area (Å²) in [7, 11) is 0. The molecule has 128 valence electrons. The van der Waals surface area contributed by atoms with Gasteiger partial charge in [0.25, 0.3) is 11.4 Å². The first kappa shape index (κ1) is 17.7. The van der Waals surface area contributed by atoms with Crippen LogP contribution in [0, 0.1) is 47.6 Å². The predicted molar refractivity (Wildman–Crippen MR) is 99.3 cm³/mol. The van der Waals surface area contributed by atoms with Crippen molar-refractivity contribution in [2.75, 3.05) is 0 Å². The fraction of sp³-hybridized carbons (Fsp3) is 0.455. The average Bonchev–Trinajstić information content (AvgIpc) is 2.64. The van der Waals surface area contributed by atoms with Gasteiger partial charge in [-0.15, -0.1) is 0 Å². The van der Waals surface area contributed by atoms with E-state index in [2.05, 4.69) is 35.7 Å². The van der Waals surface area contributed by atoms with Crippen LogP contribution >= 0.6 is 0 Å². The van der Waals surface area contributed by atoms with Crippen LogP contribution in [0.1, 0.15) is 48.9 Å². The molecule has 2 atom stereocenters. The number of nitrogens with zero attached hydrogens (tertiary/aromatic N) is 4. The summed E-state index contributed by atoms with van der Waals surface area (Å²) in [4.78, 5) is 7.05. The molecule has 0 saturated heterocycles. The highest BCUT2D eigenvalue weighted by molar-refractivity contribution is 5.73. The summed E-state index contributed by atoms with van der Waals surface area (Å²) >= 11 is 0. The standard InChI is InChI=1S/C22H20N4/c1-13-5-7-15-17(9-13)21(19(11-23)25-3)16-8-6-14(2)10-18(16)22(15)20(12-24)26-4/h13-14H,5-10H2,1-2H3/b21-19-,22-20+. The second-order valence-corrected chi connectivity index (χ2v) is 7.50. The lowest BCUT2D eigenvalue weighted by Crippen LogP contribution is -2.38. The zero-order chi connectivity index (χ0) is 18.8. The number of hydrogen-bond acceptors (Lipinski definition) is 2. The molecular weight excluding hydrogens is 320 g/mol. The molecule has 4 nitrogen and oxygen atoms in total. The van der Waals surface area contributed by atoms with Crippen molar-refractivity contribution in [3.05, 3.63) is 55.5 Å². The van der Waals surface area contributed by atoms with Gasteiger partial charge in [0, 0.05) is 0 Å². The quantitative estimate of drug-likeness (QED) is 0.682. The van der Waals surface area contributed by atoms with Gasteiger partial charge in [-0.2, -0.15) is 0 Å². The molecule has 2 unspecified atom stereocenters. The van der Waals surface area contributed by atoms with Gasteiger partial charge in [-0.1, -0.05) is 13.8 Å². The van der Waals surface area contributed by atoms with Crippen LogP contribution in [0.5, 0.6) is 0 Å². The first-order valence-electron chi connectivity index (χ1n) is 9.04. The van der Waals surface area contributed by atoms with Crippen LogP contribution in [0.25, 0.3) is 21.1 Å². The number of fused-ring (bicyclic) bond motifs is 2. The molecule has 1 aromatic rings. The molecule has 0 radical (unpaired) electrons. The number of nitriles is 2. The summed E-state index contributed by atoms with van der Waals surface area (Å²) in [5, 5.41) is 20.8. The first-order chi connectivity index (χ1) is 12.5. The minimum atomic E-state index is 0.161. The van der Waals surface area contributed by atoms with Gasteiger partial charge in [-0.25, -0.2) is 20.2 Å². The largest absolute Gasteiger partial charge is 0.269 e. The van der Waals surface area contributed by atoms with Gasteiger partial charge in [0.1, 0.15) is 0 Å². The third-order valence-corrected chi connectivity index (χ3v) is 5.72. The monoisotopic (exact) mass is 340 g/mol. The van der Waals surface area contributed by atoms with E-state index in [1.54, 1.807) is 0 Å². The third kappa shape index (κ3) is 2.75. The predicted octanol–water partition coefficient (Wildman–Crippen LogP) is 3.04. The van der Waals surface area contributed by atoms with Gasteiger partial charge >= 0.3 is 0 Å². The van der Waals surface area contributed by atoms with E-state index in [0.29, 0.717) is 11.8 Å². The summed E-state index contributed by atoms with van der Waals surface area (Å²) in [6, 6.07) is 4.20. The van der Waals surface area contributed by atoms with E-state index in [9.17, 15) is 10.5 Å². The van der Waals surface area contributed by atoms with Crippen LogP contribution in [0.15, 0.2) is 0 Å². The van der Waals surface area contributed by atoms with Crippen LogP contribution in [0.4, 0.5) is 0 Å².